The molecule has 0 atom stereocenters. The lowest BCUT2D eigenvalue weighted by atomic mass is 9.90. The van der Waals surface area contributed by atoms with Crippen LogP contribution in [0.4, 0.5) is 0 Å². The standard InChI is InChI=1S/C17H16O2/c1-17(2,19)16-5-3-4-13-14(16)9-7-11-6-8-12(18)10-15(11)13/h3-10,18-19H,1-2H3. The highest BCUT2D eigenvalue weighted by molar-refractivity contribution is 6.09. The van der Waals surface area contributed by atoms with E-state index >= 15 is 0 Å². The van der Waals surface area contributed by atoms with Crippen molar-refractivity contribution in [2.75, 3.05) is 0 Å². The van der Waals surface area contributed by atoms with Crippen LogP contribution in [0.5, 0.6) is 5.75 Å². The quantitative estimate of drug-likeness (QED) is 0.644. The number of rotatable bonds is 1. The molecule has 0 aliphatic rings. The van der Waals surface area contributed by atoms with Gasteiger partial charge < -0.3 is 10.2 Å². The minimum Gasteiger partial charge on any atom is -0.508 e. The number of hydrogen-bond donors (Lipinski definition) is 2. The molecule has 0 amide bonds. The van der Waals surface area contributed by atoms with E-state index in [1.54, 1.807) is 26.0 Å². The largest absolute Gasteiger partial charge is 0.508 e. The van der Waals surface area contributed by atoms with Gasteiger partial charge in [-0.1, -0.05) is 36.4 Å². The van der Waals surface area contributed by atoms with Crippen LogP contribution in [0.1, 0.15) is 19.4 Å². The molecule has 0 fully saturated rings. The Morgan fingerprint density at radius 1 is 0.842 bits per heavy atom. The average Bonchev–Trinajstić information content (AvgIpc) is 2.36. The van der Waals surface area contributed by atoms with Gasteiger partial charge in [0.1, 0.15) is 5.75 Å². The molecule has 0 aliphatic heterocycles. The van der Waals surface area contributed by atoms with Crippen molar-refractivity contribution >= 4 is 21.5 Å². The molecule has 2 heteroatoms. The number of fused-ring (bicyclic) bond motifs is 3. The lowest BCUT2D eigenvalue weighted by molar-refractivity contribution is 0.0802. The smallest absolute Gasteiger partial charge is 0.116 e. The van der Waals surface area contributed by atoms with Crippen LogP contribution >= 0.6 is 0 Å². The third-order valence-electron chi connectivity index (χ3n) is 3.52. The summed E-state index contributed by atoms with van der Waals surface area (Å²) in [7, 11) is 0. The molecule has 0 unspecified atom stereocenters. The molecule has 0 saturated carbocycles. The van der Waals surface area contributed by atoms with Crippen molar-refractivity contribution in [1.82, 2.24) is 0 Å². The fourth-order valence-electron chi connectivity index (χ4n) is 2.61. The van der Waals surface area contributed by atoms with E-state index in [0.717, 1.165) is 27.1 Å². The maximum atomic E-state index is 10.3. The van der Waals surface area contributed by atoms with E-state index in [1.165, 1.54) is 0 Å². The number of benzene rings is 3. The van der Waals surface area contributed by atoms with Crippen LogP contribution in [0, 0.1) is 0 Å². The lowest BCUT2D eigenvalue weighted by Crippen LogP contribution is -2.15. The Morgan fingerprint density at radius 2 is 1.58 bits per heavy atom. The maximum Gasteiger partial charge on any atom is 0.116 e. The van der Waals surface area contributed by atoms with E-state index in [4.69, 9.17) is 0 Å². The van der Waals surface area contributed by atoms with Gasteiger partial charge in [0.2, 0.25) is 0 Å². The predicted molar refractivity (Wildman–Crippen MR) is 78.4 cm³/mol. The number of phenolic OH excluding ortho intramolecular Hbond substituents is 1. The fraction of sp³-hybridized carbons (Fsp3) is 0.176. The van der Waals surface area contributed by atoms with Crippen molar-refractivity contribution in [3.8, 4) is 5.75 Å². The SMILES string of the molecule is CC(C)(O)c1cccc2c1ccc1ccc(O)cc12. The minimum atomic E-state index is -0.885. The molecule has 96 valence electrons. The van der Waals surface area contributed by atoms with Crippen molar-refractivity contribution in [2.24, 2.45) is 0 Å². The first kappa shape index (κ1) is 12.0. The van der Waals surface area contributed by atoms with E-state index in [1.807, 2.05) is 36.4 Å². The number of aliphatic hydroxyl groups is 1. The van der Waals surface area contributed by atoms with Crippen LogP contribution in [0.25, 0.3) is 21.5 Å². The van der Waals surface area contributed by atoms with Crippen LogP contribution in [-0.2, 0) is 5.60 Å². The molecule has 19 heavy (non-hydrogen) atoms. The zero-order valence-corrected chi connectivity index (χ0v) is 11.0. The van der Waals surface area contributed by atoms with Gasteiger partial charge in [-0.05, 0) is 53.1 Å². The lowest BCUT2D eigenvalue weighted by Gasteiger charge is -2.20. The Balaban J connectivity index is 2.47. The van der Waals surface area contributed by atoms with Crippen molar-refractivity contribution in [3.05, 3.63) is 54.1 Å². The maximum absolute atomic E-state index is 10.3. The van der Waals surface area contributed by atoms with Gasteiger partial charge in [-0.15, -0.1) is 0 Å². The molecule has 3 aromatic rings. The van der Waals surface area contributed by atoms with E-state index in [-0.39, 0.29) is 5.75 Å². The summed E-state index contributed by atoms with van der Waals surface area (Å²) in [5.41, 5.74) is 0.0135. The molecule has 3 aromatic carbocycles. The van der Waals surface area contributed by atoms with E-state index in [0.29, 0.717) is 0 Å². The Bertz CT molecular complexity index is 767. The van der Waals surface area contributed by atoms with E-state index < -0.39 is 5.60 Å². The van der Waals surface area contributed by atoms with Crippen LogP contribution in [0.2, 0.25) is 0 Å². The molecule has 2 N–H and O–H groups in total. The predicted octanol–water partition coefficient (Wildman–Crippen LogP) is 3.93. The van der Waals surface area contributed by atoms with Crippen molar-refractivity contribution in [1.29, 1.82) is 0 Å². The highest BCUT2D eigenvalue weighted by Crippen LogP contribution is 2.33. The molecule has 0 radical (unpaired) electrons. The highest BCUT2D eigenvalue weighted by Gasteiger charge is 2.19. The second-order valence-electron chi connectivity index (χ2n) is 5.43. The van der Waals surface area contributed by atoms with E-state index in [2.05, 4.69) is 0 Å². The summed E-state index contributed by atoms with van der Waals surface area (Å²) in [6.07, 6.45) is 0. The van der Waals surface area contributed by atoms with Gasteiger partial charge in [-0.25, -0.2) is 0 Å². The van der Waals surface area contributed by atoms with Crippen molar-refractivity contribution in [3.63, 3.8) is 0 Å². The van der Waals surface area contributed by atoms with Gasteiger partial charge in [0.05, 0.1) is 5.60 Å². The molecular formula is C17H16O2. The van der Waals surface area contributed by atoms with Crippen LogP contribution in [-0.4, -0.2) is 10.2 Å². The molecule has 0 saturated heterocycles. The molecule has 0 aliphatic carbocycles. The van der Waals surface area contributed by atoms with Gasteiger partial charge in [0.25, 0.3) is 0 Å². The molecule has 3 rings (SSSR count). The van der Waals surface area contributed by atoms with Crippen molar-refractivity contribution in [2.45, 2.75) is 19.4 Å². The van der Waals surface area contributed by atoms with Gasteiger partial charge in [-0.3, -0.25) is 0 Å². The summed E-state index contributed by atoms with van der Waals surface area (Å²) < 4.78 is 0. The normalized spacial score (nSPS) is 12.2. The summed E-state index contributed by atoms with van der Waals surface area (Å²) in [4.78, 5) is 0. The fourth-order valence-corrected chi connectivity index (χ4v) is 2.61. The Hall–Kier alpha value is -2.06. The Morgan fingerprint density at radius 3 is 2.32 bits per heavy atom. The van der Waals surface area contributed by atoms with Crippen LogP contribution < -0.4 is 0 Å². The highest BCUT2D eigenvalue weighted by atomic mass is 16.3. The minimum absolute atomic E-state index is 0.258. The second-order valence-corrected chi connectivity index (χ2v) is 5.43. The third-order valence-corrected chi connectivity index (χ3v) is 3.52. The third kappa shape index (κ3) is 1.94. The molecular weight excluding hydrogens is 236 g/mol. The van der Waals surface area contributed by atoms with Crippen LogP contribution in [0.15, 0.2) is 48.5 Å². The van der Waals surface area contributed by atoms with Gasteiger partial charge in [0.15, 0.2) is 0 Å². The zero-order valence-electron chi connectivity index (χ0n) is 11.0. The zero-order chi connectivity index (χ0) is 13.6. The summed E-state index contributed by atoms with van der Waals surface area (Å²) in [6, 6.07) is 15.3. The summed E-state index contributed by atoms with van der Waals surface area (Å²) in [5, 5.41) is 24.1. The first-order chi connectivity index (χ1) is 8.97. The van der Waals surface area contributed by atoms with Gasteiger partial charge >= 0.3 is 0 Å². The summed E-state index contributed by atoms with van der Waals surface area (Å²) in [6.45, 7) is 3.57. The number of aromatic hydroxyl groups is 1. The average molecular weight is 252 g/mol. The monoisotopic (exact) mass is 252 g/mol. The second kappa shape index (κ2) is 3.97. The number of hydrogen-bond acceptors (Lipinski definition) is 2. The molecule has 0 aromatic heterocycles. The topological polar surface area (TPSA) is 40.5 Å². The first-order valence-electron chi connectivity index (χ1n) is 6.34. The Kier molecular flexibility index (Phi) is 2.51. The van der Waals surface area contributed by atoms with Gasteiger partial charge in [-0.2, -0.15) is 0 Å². The van der Waals surface area contributed by atoms with Gasteiger partial charge in [0, 0.05) is 0 Å². The van der Waals surface area contributed by atoms with Crippen molar-refractivity contribution < 1.29 is 10.2 Å². The molecule has 0 spiro atoms. The first-order valence-corrected chi connectivity index (χ1v) is 6.34. The van der Waals surface area contributed by atoms with E-state index in [9.17, 15) is 10.2 Å². The van der Waals surface area contributed by atoms with Crippen LogP contribution in [0.3, 0.4) is 0 Å². The molecule has 0 bridgehead atoms. The summed E-state index contributed by atoms with van der Waals surface area (Å²) in [5.74, 6) is 0.258. The summed E-state index contributed by atoms with van der Waals surface area (Å²) >= 11 is 0. The molecule has 2 nitrogen and oxygen atoms in total. The number of phenols is 1. The Labute approximate surface area is 111 Å². The molecule has 0 heterocycles.